The van der Waals surface area contributed by atoms with Crippen LogP contribution in [0.1, 0.15) is 45.8 Å². The van der Waals surface area contributed by atoms with Crippen LogP contribution in [0.3, 0.4) is 0 Å². The summed E-state index contributed by atoms with van der Waals surface area (Å²) < 4.78 is 11.0. The van der Waals surface area contributed by atoms with Gasteiger partial charge in [0.05, 0.1) is 28.9 Å². The van der Waals surface area contributed by atoms with Crippen LogP contribution in [0.4, 0.5) is 5.69 Å². The lowest BCUT2D eigenvalue weighted by Crippen LogP contribution is -2.29. The van der Waals surface area contributed by atoms with E-state index in [1.807, 2.05) is 55.1 Å². The van der Waals surface area contributed by atoms with Gasteiger partial charge in [0.15, 0.2) is 0 Å². The summed E-state index contributed by atoms with van der Waals surface area (Å²) in [5.41, 5.74) is 3.70. The molecule has 2 amide bonds. The van der Waals surface area contributed by atoms with Gasteiger partial charge in [-0.25, -0.2) is 0 Å². The number of benzene rings is 2. The lowest BCUT2D eigenvalue weighted by Gasteiger charge is -2.18. The Hall–Kier alpha value is -3.61. The van der Waals surface area contributed by atoms with E-state index in [1.165, 1.54) is 0 Å². The molecule has 1 aliphatic heterocycles. The van der Waals surface area contributed by atoms with Crippen LogP contribution in [0, 0.1) is 13.8 Å². The zero-order chi connectivity index (χ0) is 22.5. The Labute approximate surface area is 187 Å². The summed E-state index contributed by atoms with van der Waals surface area (Å²) in [7, 11) is 0. The van der Waals surface area contributed by atoms with Crippen LogP contribution < -0.4 is 10.1 Å². The maximum Gasteiger partial charge on any atom is 0.255 e. The first kappa shape index (κ1) is 21.6. The van der Waals surface area contributed by atoms with Crippen LogP contribution in [-0.4, -0.2) is 35.0 Å². The Morgan fingerprint density at radius 2 is 1.78 bits per heavy atom. The van der Waals surface area contributed by atoms with Gasteiger partial charge < -0.3 is 19.5 Å². The molecule has 0 unspecified atom stereocenters. The van der Waals surface area contributed by atoms with Gasteiger partial charge in [-0.15, -0.1) is 0 Å². The molecule has 0 saturated carbocycles. The van der Waals surface area contributed by atoms with Crippen molar-refractivity contribution in [3.8, 4) is 5.75 Å². The van der Waals surface area contributed by atoms with Crippen molar-refractivity contribution in [3.63, 3.8) is 0 Å². The minimum Gasteiger partial charge on any atom is -0.489 e. The first-order valence-corrected chi connectivity index (χ1v) is 10.8. The number of anilines is 1. The molecule has 166 valence electrons. The molecule has 1 fully saturated rings. The number of hydrogen-bond donors (Lipinski definition) is 1. The molecule has 1 saturated heterocycles. The Morgan fingerprint density at radius 3 is 2.47 bits per heavy atom. The van der Waals surface area contributed by atoms with Gasteiger partial charge in [-0.1, -0.05) is 29.4 Å². The number of nitrogens with zero attached hydrogens (tertiary/aromatic N) is 2. The van der Waals surface area contributed by atoms with Crippen LogP contribution in [0.25, 0.3) is 0 Å². The standard InChI is InChI=1S/C25H27N3O4/c1-17-22(18(2)32-27-17)16-31-20-11-9-19(10-12-20)15-24(29)26-23-8-4-3-7-21(23)25(30)28-13-5-6-14-28/h3-4,7-12H,5-6,13-16H2,1-2H3,(H,26,29). The van der Waals surface area contributed by atoms with E-state index in [0.717, 1.165) is 48.5 Å². The van der Waals surface area contributed by atoms with E-state index < -0.39 is 0 Å². The van der Waals surface area contributed by atoms with E-state index >= 15 is 0 Å². The van der Waals surface area contributed by atoms with E-state index in [2.05, 4.69) is 10.5 Å². The number of rotatable bonds is 7. The summed E-state index contributed by atoms with van der Waals surface area (Å²) in [5, 5.41) is 6.82. The van der Waals surface area contributed by atoms with Crippen LogP contribution in [0.15, 0.2) is 53.1 Å². The number of carbonyl (C=O) groups is 2. The zero-order valence-corrected chi connectivity index (χ0v) is 18.4. The Kier molecular flexibility index (Phi) is 6.54. The fourth-order valence-corrected chi connectivity index (χ4v) is 3.82. The molecular weight excluding hydrogens is 406 g/mol. The van der Waals surface area contributed by atoms with Crippen molar-refractivity contribution in [2.75, 3.05) is 18.4 Å². The molecule has 0 spiro atoms. The number of ether oxygens (including phenoxy) is 1. The summed E-state index contributed by atoms with van der Waals surface area (Å²) in [6, 6.07) is 14.6. The predicted octanol–water partition coefficient (Wildman–Crippen LogP) is 4.29. The molecule has 4 rings (SSSR count). The predicted molar refractivity (Wildman–Crippen MR) is 121 cm³/mol. The van der Waals surface area contributed by atoms with Gasteiger partial charge in [0.25, 0.3) is 5.91 Å². The summed E-state index contributed by atoms with van der Waals surface area (Å²) in [4.78, 5) is 27.3. The van der Waals surface area contributed by atoms with Gasteiger partial charge in [0.1, 0.15) is 18.1 Å². The topological polar surface area (TPSA) is 84.7 Å². The van der Waals surface area contributed by atoms with Crippen LogP contribution in [-0.2, 0) is 17.8 Å². The molecule has 2 aromatic carbocycles. The van der Waals surface area contributed by atoms with Gasteiger partial charge in [0, 0.05) is 13.1 Å². The number of para-hydroxylation sites is 1. The number of aryl methyl sites for hydroxylation is 2. The van der Waals surface area contributed by atoms with Gasteiger partial charge in [-0.2, -0.15) is 0 Å². The number of likely N-dealkylation sites (tertiary alicyclic amines) is 1. The third-order valence-corrected chi connectivity index (χ3v) is 5.68. The fourth-order valence-electron chi connectivity index (χ4n) is 3.82. The maximum atomic E-state index is 12.8. The first-order valence-electron chi connectivity index (χ1n) is 10.8. The lowest BCUT2D eigenvalue weighted by atomic mass is 10.1. The normalized spacial score (nSPS) is 13.2. The molecule has 1 aromatic heterocycles. The molecule has 7 heteroatoms. The van der Waals surface area contributed by atoms with Gasteiger partial charge in [-0.05, 0) is 56.5 Å². The summed E-state index contributed by atoms with van der Waals surface area (Å²) in [5.74, 6) is 1.25. The summed E-state index contributed by atoms with van der Waals surface area (Å²) in [6.45, 7) is 5.66. The smallest absolute Gasteiger partial charge is 0.255 e. The van der Waals surface area contributed by atoms with Gasteiger partial charge in [0.2, 0.25) is 5.91 Å². The van der Waals surface area contributed by atoms with E-state index in [9.17, 15) is 9.59 Å². The second kappa shape index (κ2) is 9.68. The number of nitrogens with one attached hydrogen (secondary N) is 1. The number of carbonyl (C=O) groups excluding carboxylic acids is 2. The van der Waals surface area contributed by atoms with E-state index in [1.54, 1.807) is 12.1 Å². The van der Waals surface area contributed by atoms with E-state index in [0.29, 0.717) is 23.6 Å². The first-order chi connectivity index (χ1) is 15.5. The molecule has 0 radical (unpaired) electrons. The van der Waals surface area contributed by atoms with Crippen molar-refractivity contribution in [1.29, 1.82) is 0 Å². The SMILES string of the molecule is Cc1noc(C)c1COc1ccc(CC(=O)Nc2ccccc2C(=O)N2CCCC2)cc1. The number of amides is 2. The van der Waals surface area contributed by atoms with E-state index in [-0.39, 0.29) is 18.2 Å². The molecule has 0 aliphatic carbocycles. The van der Waals surface area contributed by atoms with Crippen molar-refractivity contribution < 1.29 is 18.8 Å². The lowest BCUT2D eigenvalue weighted by molar-refractivity contribution is -0.115. The largest absolute Gasteiger partial charge is 0.489 e. The van der Waals surface area contributed by atoms with Crippen molar-refractivity contribution >= 4 is 17.5 Å². The Bertz CT molecular complexity index is 1080. The third kappa shape index (κ3) is 4.99. The van der Waals surface area contributed by atoms with Crippen LogP contribution in [0.2, 0.25) is 0 Å². The zero-order valence-electron chi connectivity index (χ0n) is 18.4. The average molecular weight is 434 g/mol. The molecule has 32 heavy (non-hydrogen) atoms. The van der Waals surface area contributed by atoms with Crippen molar-refractivity contribution in [3.05, 3.63) is 76.7 Å². The highest BCUT2D eigenvalue weighted by molar-refractivity contribution is 6.04. The number of aromatic nitrogens is 1. The van der Waals surface area contributed by atoms with Crippen molar-refractivity contribution in [1.82, 2.24) is 10.1 Å². The highest BCUT2D eigenvalue weighted by Crippen LogP contribution is 2.21. The quantitative estimate of drug-likeness (QED) is 0.601. The molecule has 3 aromatic rings. The van der Waals surface area contributed by atoms with Crippen LogP contribution in [0.5, 0.6) is 5.75 Å². The molecular formula is C25H27N3O4. The Balaban J connectivity index is 1.35. The van der Waals surface area contributed by atoms with Crippen molar-refractivity contribution in [2.24, 2.45) is 0 Å². The minimum atomic E-state index is -0.170. The molecule has 0 atom stereocenters. The molecule has 0 bridgehead atoms. The maximum absolute atomic E-state index is 12.8. The number of hydrogen-bond acceptors (Lipinski definition) is 5. The average Bonchev–Trinajstić information content (AvgIpc) is 3.44. The van der Waals surface area contributed by atoms with Crippen LogP contribution >= 0.6 is 0 Å². The monoisotopic (exact) mass is 433 g/mol. The molecule has 7 nitrogen and oxygen atoms in total. The van der Waals surface area contributed by atoms with Crippen molar-refractivity contribution in [2.45, 2.75) is 39.7 Å². The summed E-state index contributed by atoms with van der Waals surface area (Å²) >= 11 is 0. The van der Waals surface area contributed by atoms with Gasteiger partial charge in [-0.3, -0.25) is 9.59 Å². The molecule has 1 aliphatic rings. The minimum absolute atomic E-state index is 0.0294. The second-order valence-corrected chi connectivity index (χ2v) is 8.01. The fraction of sp³-hybridized carbons (Fsp3) is 0.320. The molecule has 1 N–H and O–H groups in total. The second-order valence-electron chi connectivity index (χ2n) is 8.01. The highest BCUT2D eigenvalue weighted by Gasteiger charge is 2.22. The summed E-state index contributed by atoms with van der Waals surface area (Å²) in [6.07, 6.45) is 2.26. The highest BCUT2D eigenvalue weighted by atomic mass is 16.5. The third-order valence-electron chi connectivity index (χ3n) is 5.68. The molecule has 2 heterocycles. The Morgan fingerprint density at radius 1 is 1.06 bits per heavy atom. The van der Waals surface area contributed by atoms with Gasteiger partial charge >= 0.3 is 0 Å². The van der Waals surface area contributed by atoms with E-state index in [4.69, 9.17) is 9.26 Å².